The lowest BCUT2D eigenvalue weighted by molar-refractivity contribution is 0.321. The molecular formula is C8H5FN2O. The Kier molecular flexibility index (Phi) is 2.38. The molecule has 1 N–H and O–H groups in total. The van der Waals surface area contributed by atoms with Crippen molar-refractivity contribution in [3.8, 4) is 6.07 Å². The van der Waals surface area contributed by atoms with Crippen molar-refractivity contribution in [3.05, 3.63) is 35.1 Å². The Morgan fingerprint density at radius 2 is 2.33 bits per heavy atom. The molecule has 0 unspecified atom stereocenters. The number of benzene rings is 1. The summed E-state index contributed by atoms with van der Waals surface area (Å²) in [5.41, 5.74) is 0.419. The minimum Gasteiger partial charge on any atom is -0.411 e. The molecule has 1 rings (SSSR count). The Balaban J connectivity index is 3.19. The third kappa shape index (κ3) is 1.58. The van der Waals surface area contributed by atoms with Crippen LogP contribution in [0.3, 0.4) is 0 Å². The molecule has 0 aromatic heterocycles. The molecule has 0 aliphatic heterocycles. The lowest BCUT2D eigenvalue weighted by atomic mass is 10.1. The number of rotatable bonds is 1. The SMILES string of the molecule is N#Cc1ccc(F)c(C=NO)c1. The zero-order valence-corrected chi connectivity index (χ0v) is 6.03. The molecule has 12 heavy (non-hydrogen) atoms. The smallest absolute Gasteiger partial charge is 0.132 e. The van der Waals surface area contributed by atoms with E-state index < -0.39 is 5.82 Å². The van der Waals surface area contributed by atoms with Crippen molar-refractivity contribution >= 4 is 6.21 Å². The van der Waals surface area contributed by atoms with Crippen LogP contribution in [0.25, 0.3) is 0 Å². The molecule has 3 nitrogen and oxygen atoms in total. The van der Waals surface area contributed by atoms with E-state index in [0.29, 0.717) is 5.56 Å². The summed E-state index contributed by atoms with van der Waals surface area (Å²) < 4.78 is 12.8. The summed E-state index contributed by atoms with van der Waals surface area (Å²) in [5.74, 6) is -0.521. The molecule has 0 aliphatic carbocycles. The predicted octanol–water partition coefficient (Wildman–Crippen LogP) is 1.51. The summed E-state index contributed by atoms with van der Waals surface area (Å²) in [5, 5.41) is 19.2. The number of hydrogen-bond donors (Lipinski definition) is 1. The zero-order chi connectivity index (χ0) is 8.97. The normalized spacial score (nSPS) is 10.0. The van der Waals surface area contributed by atoms with Gasteiger partial charge in [0.25, 0.3) is 0 Å². The van der Waals surface area contributed by atoms with E-state index in [9.17, 15) is 4.39 Å². The van der Waals surface area contributed by atoms with Gasteiger partial charge in [0, 0.05) is 5.56 Å². The van der Waals surface area contributed by atoms with Crippen LogP contribution in [0.5, 0.6) is 0 Å². The predicted molar refractivity (Wildman–Crippen MR) is 40.5 cm³/mol. The van der Waals surface area contributed by atoms with Crippen molar-refractivity contribution in [2.45, 2.75) is 0 Å². The van der Waals surface area contributed by atoms with Gasteiger partial charge >= 0.3 is 0 Å². The van der Waals surface area contributed by atoms with Gasteiger partial charge in [-0.15, -0.1) is 0 Å². The molecule has 0 saturated heterocycles. The molecule has 0 amide bonds. The second kappa shape index (κ2) is 3.49. The molecule has 0 fully saturated rings. The maximum Gasteiger partial charge on any atom is 0.132 e. The second-order valence-corrected chi connectivity index (χ2v) is 2.09. The molecule has 0 radical (unpaired) electrons. The van der Waals surface area contributed by atoms with E-state index in [-0.39, 0.29) is 5.56 Å². The van der Waals surface area contributed by atoms with E-state index >= 15 is 0 Å². The number of oxime groups is 1. The van der Waals surface area contributed by atoms with E-state index in [0.717, 1.165) is 12.3 Å². The van der Waals surface area contributed by atoms with Gasteiger partial charge in [-0.05, 0) is 18.2 Å². The van der Waals surface area contributed by atoms with E-state index in [1.54, 1.807) is 0 Å². The Labute approximate surface area is 68.4 Å². The summed E-state index contributed by atoms with van der Waals surface area (Å²) in [6.07, 6.45) is 0.941. The average Bonchev–Trinajstić information content (AvgIpc) is 2.09. The molecule has 0 aliphatic rings. The van der Waals surface area contributed by atoms with Gasteiger partial charge in [0.2, 0.25) is 0 Å². The van der Waals surface area contributed by atoms with Crippen LogP contribution in [0, 0.1) is 17.1 Å². The third-order valence-corrected chi connectivity index (χ3v) is 1.32. The minimum atomic E-state index is -0.521. The molecule has 0 spiro atoms. The van der Waals surface area contributed by atoms with Gasteiger partial charge in [-0.1, -0.05) is 5.16 Å². The fraction of sp³-hybridized carbons (Fsp3) is 0. The van der Waals surface area contributed by atoms with Crippen LogP contribution in [-0.4, -0.2) is 11.4 Å². The first kappa shape index (κ1) is 8.21. The van der Waals surface area contributed by atoms with E-state index in [2.05, 4.69) is 5.16 Å². The molecule has 1 aromatic carbocycles. The minimum absolute atomic E-state index is 0.0940. The molecule has 4 heteroatoms. The maximum atomic E-state index is 12.8. The van der Waals surface area contributed by atoms with Crippen LogP contribution < -0.4 is 0 Å². The Morgan fingerprint density at radius 1 is 1.58 bits per heavy atom. The highest BCUT2D eigenvalue weighted by atomic mass is 19.1. The van der Waals surface area contributed by atoms with Crippen LogP contribution in [0.15, 0.2) is 23.4 Å². The highest BCUT2D eigenvalue weighted by Crippen LogP contribution is 2.07. The maximum absolute atomic E-state index is 12.8. The van der Waals surface area contributed by atoms with Crippen LogP contribution in [0.4, 0.5) is 4.39 Å². The monoisotopic (exact) mass is 164 g/mol. The first-order chi connectivity index (χ1) is 5.77. The quantitative estimate of drug-likeness (QED) is 0.388. The van der Waals surface area contributed by atoms with Crippen molar-refractivity contribution in [1.82, 2.24) is 0 Å². The molecule has 60 valence electrons. The van der Waals surface area contributed by atoms with Crippen LogP contribution in [0.1, 0.15) is 11.1 Å². The summed E-state index contributed by atoms with van der Waals surface area (Å²) in [6, 6.07) is 5.64. The fourth-order valence-electron chi connectivity index (χ4n) is 0.774. The molecular weight excluding hydrogens is 159 g/mol. The standard InChI is InChI=1S/C8H5FN2O/c9-8-2-1-6(4-10)3-7(8)5-11-12/h1-3,5,12H. The third-order valence-electron chi connectivity index (χ3n) is 1.32. The second-order valence-electron chi connectivity index (χ2n) is 2.09. The van der Waals surface area contributed by atoms with Gasteiger partial charge in [0.05, 0.1) is 17.8 Å². The highest BCUT2D eigenvalue weighted by molar-refractivity contribution is 5.80. The van der Waals surface area contributed by atoms with Crippen molar-refractivity contribution in [1.29, 1.82) is 5.26 Å². The van der Waals surface area contributed by atoms with E-state index in [1.807, 2.05) is 6.07 Å². The van der Waals surface area contributed by atoms with E-state index in [1.165, 1.54) is 12.1 Å². The van der Waals surface area contributed by atoms with E-state index in [4.69, 9.17) is 10.5 Å². The number of nitriles is 1. The molecule has 1 aromatic rings. The van der Waals surface area contributed by atoms with Gasteiger partial charge in [-0.3, -0.25) is 0 Å². The summed E-state index contributed by atoms with van der Waals surface area (Å²) in [6.45, 7) is 0. The summed E-state index contributed by atoms with van der Waals surface area (Å²) in [4.78, 5) is 0. The Morgan fingerprint density at radius 3 is 2.92 bits per heavy atom. The molecule has 0 bridgehead atoms. The van der Waals surface area contributed by atoms with Gasteiger partial charge in [0.1, 0.15) is 5.82 Å². The van der Waals surface area contributed by atoms with Gasteiger partial charge in [0.15, 0.2) is 0 Å². The topological polar surface area (TPSA) is 56.4 Å². The molecule has 0 heterocycles. The van der Waals surface area contributed by atoms with Crippen molar-refractivity contribution < 1.29 is 9.60 Å². The lowest BCUT2D eigenvalue weighted by Gasteiger charge is -1.94. The number of hydrogen-bond acceptors (Lipinski definition) is 3. The largest absolute Gasteiger partial charge is 0.411 e. The van der Waals surface area contributed by atoms with Crippen LogP contribution in [-0.2, 0) is 0 Å². The Hall–Kier alpha value is -1.89. The zero-order valence-electron chi connectivity index (χ0n) is 6.03. The Bertz CT molecular complexity index is 355. The van der Waals surface area contributed by atoms with Crippen LogP contribution in [0.2, 0.25) is 0 Å². The summed E-state index contributed by atoms with van der Waals surface area (Å²) in [7, 11) is 0. The van der Waals surface area contributed by atoms with Crippen molar-refractivity contribution in [3.63, 3.8) is 0 Å². The van der Waals surface area contributed by atoms with Crippen LogP contribution >= 0.6 is 0 Å². The van der Waals surface area contributed by atoms with Crippen molar-refractivity contribution in [2.24, 2.45) is 5.16 Å². The lowest BCUT2D eigenvalue weighted by Crippen LogP contribution is -1.89. The average molecular weight is 164 g/mol. The first-order valence-electron chi connectivity index (χ1n) is 3.15. The molecule has 0 saturated carbocycles. The fourth-order valence-corrected chi connectivity index (χ4v) is 0.774. The molecule has 0 atom stereocenters. The summed E-state index contributed by atoms with van der Waals surface area (Å²) >= 11 is 0. The highest BCUT2D eigenvalue weighted by Gasteiger charge is 2.00. The van der Waals surface area contributed by atoms with Crippen molar-refractivity contribution in [2.75, 3.05) is 0 Å². The van der Waals surface area contributed by atoms with Gasteiger partial charge in [-0.25, -0.2) is 4.39 Å². The number of halogens is 1. The number of nitrogens with zero attached hydrogens (tertiary/aromatic N) is 2. The van der Waals surface area contributed by atoms with Gasteiger partial charge in [-0.2, -0.15) is 5.26 Å². The van der Waals surface area contributed by atoms with Gasteiger partial charge < -0.3 is 5.21 Å². The first-order valence-corrected chi connectivity index (χ1v) is 3.15.